The molecule has 1 heterocycles. The van der Waals surface area contributed by atoms with E-state index in [4.69, 9.17) is 0 Å². The van der Waals surface area contributed by atoms with Crippen molar-refractivity contribution in [1.29, 1.82) is 0 Å². The minimum Gasteiger partial charge on any atom is -0.326 e. The maximum absolute atomic E-state index is 14.3. The molecule has 0 unspecified atom stereocenters. The van der Waals surface area contributed by atoms with Gasteiger partial charge in [-0.05, 0) is 30.2 Å². The summed E-state index contributed by atoms with van der Waals surface area (Å²) in [5, 5.41) is 5.10. The number of ketones is 1. The molecular weight excluding hydrogens is 377 g/mol. The first-order chi connectivity index (χ1) is 13.8. The molecule has 2 aromatic rings. The molecule has 0 aromatic heterocycles. The van der Waals surface area contributed by atoms with Crippen LogP contribution in [-0.2, 0) is 15.1 Å². The fraction of sp³-hybridized carbons (Fsp3) is 0.238. The lowest BCUT2D eigenvalue weighted by Gasteiger charge is -2.25. The first-order valence-corrected chi connectivity index (χ1v) is 9.08. The molecule has 8 heteroatoms. The Hall–Kier alpha value is -3.55. The van der Waals surface area contributed by atoms with Crippen molar-refractivity contribution >= 4 is 29.3 Å². The Balaban J connectivity index is 1.83. The smallest absolute Gasteiger partial charge is 0.325 e. The van der Waals surface area contributed by atoms with Crippen molar-refractivity contribution in [3.8, 4) is 0 Å². The highest BCUT2D eigenvalue weighted by Crippen LogP contribution is 2.32. The topological polar surface area (TPSA) is 95.6 Å². The molecule has 0 bridgehead atoms. The van der Waals surface area contributed by atoms with Crippen LogP contribution in [-0.4, -0.2) is 35.1 Å². The Bertz CT molecular complexity index is 993. The zero-order valence-electron chi connectivity index (χ0n) is 16.0. The van der Waals surface area contributed by atoms with Gasteiger partial charge in [0.25, 0.3) is 5.91 Å². The van der Waals surface area contributed by atoms with Crippen LogP contribution in [0.15, 0.2) is 48.5 Å². The zero-order valence-corrected chi connectivity index (χ0v) is 16.0. The number of anilines is 1. The number of benzene rings is 2. The van der Waals surface area contributed by atoms with Crippen molar-refractivity contribution in [3.05, 3.63) is 65.5 Å². The van der Waals surface area contributed by atoms with Gasteiger partial charge in [0.1, 0.15) is 11.4 Å². The van der Waals surface area contributed by atoms with Gasteiger partial charge < -0.3 is 10.6 Å². The molecule has 2 aromatic carbocycles. The van der Waals surface area contributed by atoms with E-state index in [2.05, 4.69) is 10.6 Å². The number of urea groups is 1. The predicted octanol–water partition coefficient (Wildman–Crippen LogP) is 2.82. The van der Waals surface area contributed by atoms with Gasteiger partial charge in [-0.3, -0.25) is 19.3 Å². The van der Waals surface area contributed by atoms with Gasteiger partial charge in [-0.25, -0.2) is 9.18 Å². The average Bonchev–Trinajstić information content (AvgIpc) is 2.93. The van der Waals surface area contributed by atoms with Crippen LogP contribution in [0, 0.1) is 5.82 Å². The van der Waals surface area contributed by atoms with Crippen molar-refractivity contribution in [3.63, 3.8) is 0 Å². The summed E-state index contributed by atoms with van der Waals surface area (Å²) >= 11 is 0. The molecule has 1 aliphatic rings. The highest BCUT2D eigenvalue weighted by molar-refractivity contribution is 6.11. The van der Waals surface area contributed by atoms with Gasteiger partial charge in [0.2, 0.25) is 5.91 Å². The number of nitrogens with one attached hydrogen (secondary N) is 2. The number of hydrogen-bond donors (Lipinski definition) is 2. The third-order valence-electron chi connectivity index (χ3n) is 4.86. The van der Waals surface area contributed by atoms with Crippen LogP contribution in [0.1, 0.15) is 36.2 Å². The summed E-state index contributed by atoms with van der Waals surface area (Å²) in [7, 11) is 0. The normalized spacial score (nSPS) is 18.5. The summed E-state index contributed by atoms with van der Waals surface area (Å²) in [6, 6.07) is 11.7. The van der Waals surface area contributed by atoms with Gasteiger partial charge in [-0.2, -0.15) is 0 Å². The Morgan fingerprint density at radius 1 is 1.14 bits per heavy atom. The Kier molecular flexibility index (Phi) is 5.45. The van der Waals surface area contributed by atoms with Crippen molar-refractivity contribution in [1.82, 2.24) is 10.2 Å². The standard InChI is InChI=1S/C21H20FN3O4/c1-3-21(14-7-5-4-6-8-14)19(28)25(20(29)24-21)12-18(27)16-10-9-15(11-17(16)22)23-13(2)26/h4-11H,3,12H2,1-2H3,(H,23,26)(H,24,29)/t21-/m1/s1. The first kappa shape index (κ1) is 20.2. The summed E-state index contributed by atoms with van der Waals surface area (Å²) in [5.74, 6) is -2.50. The molecule has 0 radical (unpaired) electrons. The summed E-state index contributed by atoms with van der Waals surface area (Å²) < 4.78 is 14.3. The SMILES string of the molecule is CC[C@]1(c2ccccc2)NC(=O)N(CC(=O)c2ccc(NC(C)=O)cc2F)C1=O. The van der Waals surface area contributed by atoms with Crippen molar-refractivity contribution in [2.75, 3.05) is 11.9 Å². The second-order valence-electron chi connectivity index (χ2n) is 6.75. The third-order valence-corrected chi connectivity index (χ3v) is 4.86. The monoisotopic (exact) mass is 397 g/mol. The molecule has 0 saturated carbocycles. The maximum Gasteiger partial charge on any atom is 0.325 e. The largest absolute Gasteiger partial charge is 0.326 e. The summed E-state index contributed by atoms with van der Waals surface area (Å²) in [6.07, 6.45) is 0.298. The number of carbonyl (C=O) groups is 4. The third kappa shape index (κ3) is 3.73. The fourth-order valence-electron chi connectivity index (χ4n) is 3.38. The van der Waals surface area contributed by atoms with Gasteiger partial charge in [0, 0.05) is 12.6 Å². The van der Waals surface area contributed by atoms with Crippen LogP contribution >= 0.6 is 0 Å². The van der Waals surface area contributed by atoms with E-state index < -0.39 is 35.6 Å². The second kappa shape index (κ2) is 7.83. The van der Waals surface area contributed by atoms with Gasteiger partial charge in [0.05, 0.1) is 12.1 Å². The number of rotatable bonds is 6. The molecule has 1 aliphatic heterocycles. The van der Waals surface area contributed by atoms with Gasteiger partial charge >= 0.3 is 6.03 Å². The molecule has 0 aliphatic carbocycles. The van der Waals surface area contributed by atoms with Crippen LogP contribution in [0.3, 0.4) is 0 Å². The lowest BCUT2D eigenvalue weighted by atomic mass is 9.87. The average molecular weight is 397 g/mol. The number of hydrogen-bond acceptors (Lipinski definition) is 4. The van der Waals surface area contributed by atoms with E-state index in [0.29, 0.717) is 12.0 Å². The molecule has 7 nitrogen and oxygen atoms in total. The van der Waals surface area contributed by atoms with Crippen LogP contribution < -0.4 is 10.6 Å². The Labute approximate surface area is 166 Å². The number of carbonyl (C=O) groups excluding carboxylic acids is 4. The Morgan fingerprint density at radius 2 is 1.83 bits per heavy atom. The molecule has 0 spiro atoms. The lowest BCUT2D eigenvalue weighted by molar-refractivity contribution is -0.131. The molecule has 1 saturated heterocycles. The summed E-state index contributed by atoms with van der Waals surface area (Å²) in [5.41, 5.74) is -0.711. The molecule has 2 N–H and O–H groups in total. The van der Waals surface area contributed by atoms with Crippen LogP contribution in [0.5, 0.6) is 0 Å². The van der Waals surface area contributed by atoms with E-state index >= 15 is 0 Å². The maximum atomic E-state index is 14.3. The van der Waals surface area contributed by atoms with Gasteiger partial charge in [-0.15, -0.1) is 0 Å². The molecule has 4 amide bonds. The summed E-state index contributed by atoms with van der Waals surface area (Å²) in [6.45, 7) is 2.45. The molecule has 150 valence electrons. The van der Waals surface area contributed by atoms with E-state index in [0.717, 1.165) is 11.0 Å². The first-order valence-electron chi connectivity index (χ1n) is 9.08. The molecule has 1 atom stereocenters. The fourth-order valence-corrected chi connectivity index (χ4v) is 3.38. The van der Waals surface area contributed by atoms with Crippen molar-refractivity contribution < 1.29 is 23.6 Å². The molecular formula is C21H20FN3O4. The Morgan fingerprint density at radius 3 is 2.41 bits per heavy atom. The van der Waals surface area contributed by atoms with E-state index in [9.17, 15) is 23.6 Å². The van der Waals surface area contributed by atoms with E-state index in [-0.39, 0.29) is 17.2 Å². The minimum atomic E-state index is -1.26. The van der Waals surface area contributed by atoms with Crippen LogP contribution in [0.2, 0.25) is 0 Å². The molecule has 1 fully saturated rings. The van der Waals surface area contributed by atoms with Crippen molar-refractivity contribution in [2.24, 2.45) is 0 Å². The van der Waals surface area contributed by atoms with E-state index in [1.54, 1.807) is 37.3 Å². The number of Topliss-reactive ketones (excluding diaryl/α,β-unsaturated/α-hetero) is 1. The van der Waals surface area contributed by atoms with E-state index in [1.807, 2.05) is 0 Å². The van der Waals surface area contributed by atoms with Gasteiger partial charge in [-0.1, -0.05) is 37.3 Å². The number of halogens is 1. The van der Waals surface area contributed by atoms with Crippen molar-refractivity contribution in [2.45, 2.75) is 25.8 Å². The summed E-state index contributed by atoms with van der Waals surface area (Å²) in [4.78, 5) is 50.0. The highest BCUT2D eigenvalue weighted by Gasteiger charge is 2.51. The lowest BCUT2D eigenvalue weighted by Crippen LogP contribution is -2.43. The quantitative estimate of drug-likeness (QED) is 0.579. The molecule has 29 heavy (non-hydrogen) atoms. The number of amides is 4. The number of imide groups is 1. The van der Waals surface area contributed by atoms with Crippen LogP contribution in [0.4, 0.5) is 14.9 Å². The van der Waals surface area contributed by atoms with Gasteiger partial charge in [0.15, 0.2) is 5.78 Å². The minimum absolute atomic E-state index is 0.204. The van der Waals surface area contributed by atoms with E-state index in [1.165, 1.54) is 19.1 Å². The van der Waals surface area contributed by atoms with Crippen LogP contribution in [0.25, 0.3) is 0 Å². The zero-order chi connectivity index (χ0) is 21.2. The second-order valence-corrected chi connectivity index (χ2v) is 6.75. The molecule has 3 rings (SSSR count). The predicted molar refractivity (Wildman–Crippen MR) is 104 cm³/mol. The highest BCUT2D eigenvalue weighted by atomic mass is 19.1. The number of nitrogens with zero attached hydrogens (tertiary/aromatic N) is 1.